The molecule has 0 unspecified atom stereocenters. The lowest BCUT2D eigenvalue weighted by Crippen LogP contribution is -2.09. The molecule has 0 amide bonds. The van der Waals surface area contributed by atoms with Gasteiger partial charge in [-0.1, -0.05) is 77.4 Å². The fourth-order valence-corrected chi connectivity index (χ4v) is 5.01. The average Bonchev–Trinajstić information content (AvgIpc) is 3.17. The van der Waals surface area contributed by atoms with Crippen molar-refractivity contribution in [3.05, 3.63) is 137 Å². The van der Waals surface area contributed by atoms with Gasteiger partial charge < -0.3 is 4.90 Å². The van der Waals surface area contributed by atoms with E-state index in [4.69, 9.17) is 0 Å². The number of hydrogen-bond acceptors (Lipinski definition) is 2. The SMILES string of the molecule is Cc1ccc(N(c2ccc(C)cc2)c2ccc(-c3ccc4c(c3)C(=O)c3cc(C)ccc3-4)cc2)cc1. The van der Waals surface area contributed by atoms with Gasteiger partial charge in [0.1, 0.15) is 0 Å². The first kappa shape index (κ1) is 22.1. The van der Waals surface area contributed by atoms with Crippen molar-refractivity contribution in [3.63, 3.8) is 0 Å². The van der Waals surface area contributed by atoms with E-state index in [1.807, 2.05) is 19.1 Å². The van der Waals surface area contributed by atoms with E-state index >= 15 is 0 Å². The maximum Gasteiger partial charge on any atom is 0.194 e. The molecule has 2 heteroatoms. The number of rotatable bonds is 4. The quantitative estimate of drug-likeness (QED) is 0.259. The Bertz CT molecular complexity index is 1550. The predicted octanol–water partition coefficient (Wildman–Crippen LogP) is 8.96. The molecule has 0 bridgehead atoms. The van der Waals surface area contributed by atoms with E-state index < -0.39 is 0 Å². The largest absolute Gasteiger partial charge is 0.311 e. The average molecular weight is 466 g/mol. The van der Waals surface area contributed by atoms with E-state index in [0.717, 1.165) is 56.0 Å². The Balaban J connectivity index is 1.37. The second-order valence-corrected chi connectivity index (χ2v) is 9.69. The molecular formula is C34H27NO. The minimum Gasteiger partial charge on any atom is -0.311 e. The highest BCUT2D eigenvalue weighted by atomic mass is 16.1. The van der Waals surface area contributed by atoms with E-state index in [0.29, 0.717) is 0 Å². The molecular weight excluding hydrogens is 438 g/mol. The van der Waals surface area contributed by atoms with Crippen LogP contribution in [0.1, 0.15) is 32.6 Å². The molecule has 36 heavy (non-hydrogen) atoms. The highest BCUT2D eigenvalue weighted by Gasteiger charge is 2.27. The molecule has 0 radical (unpaired) electrons. The maximum atomic E-state index is 13.1. The van der Waals surface area contributed by atoms with Crippen LogP contribution < -0.4 is 4.90 Å². The number of aryl methyl sites for hydroxylation is 3. The lowest BCUT2D eigenvalue weighted by Gasteiger charge is -2.26. The van der Waals surface area contributed by atoms with Gasteiger partial charge >= 0.3 is 0 Å². The summed E-state index contributed by atoms with van der Waals surface area (Å²) in [6.45, 7) is 6.24. The maximum absolute atomic E-state index is 13.1. The Morgan fingerprint density at radius 2 is 0.833 bits per heavy atom. The first-order valence-corrected chi connectivity index (χ1v) is 12.3. The third-order valence-electron chi connectivity index (χ3n) is 7.02. The van der Waals surface area contributed by atoms with Gasteiger partial charge in [0.15, 0.2) is 5.78 Å². The van der Waals surface area contributed by atoms with Gasteiger partial charge in [-0.3, -0.25) is 4.79 Å². The Kier molecular flexibility index (Phi) is 5.30. The predicted molar refractivity (Wildman–Crippen MR) is 150 cm³/mol. The zero-order chi connectivity index (χ0) is 24.8. The van der Waals surface area contributed by atoms with Gasteiger partial charge in [-0.15, -0.1) is 0 Å². The lowest BCUT2D eigenvalue weighted by atomic mass is 9.98. The topological polar surface area (TPSA) is 20.3 Å². The van der Waals surface area contributed by atoms with Gasteiger partial charge in [0, 0.05) is 28.2 Å². The summed E-state index contributed by atoms with van der Waals surface area (Å²) in [4.78, 5) is 15.4. The number of hydrogen-bond donors (Lipinski definition) is 0. The number of carbonyl (C=O) groups excluding carboxylic acids is 1. The number of ketones is 1. The molecule has 0 aromatic heterocycles. The number of anilines is 3. The van der Waals surface area contributed by atoms with Crippen LogP contribution in [0.25, 0.3) is 22.3 Å². The van der Waals surface area contributed by atoms with Crippen molar-refractivity contribution in [2.75, 3.05) is 4.90 Å². The Morgan fingerprint density at radius 3 is 1.39 bits per heavy atom. The first-order chi connectivity index (χ1) is 17.5. The molecule has 5 aromatic rings. The molecule has 1 aliphatic carbocycles. The van der Waals surface area contributed by atoms with Crippen LogP contribution in [0.2, 0.25) is 0 Å². The fraction of sp³-hybridized carbons (Fsp3) is 0.0882. The van der Waals surface area contributed by atoms with Crippen LogP contribution in [0.5, 0.6) is 0 Å². The normalized spacial score (nSPS) is 11.8. The van der Waals surface area contributed by atoms with Crippen LogP contribution in [0, 0.1) is 20.8 Å². The van der Waals surface area contributed by atoms with Gasteiger partial charge in [0.05, 0.1) is 0 Å². The molecule has 6 rings (SSSR count). The van der Waals surface area contributed by atoms with Crippen molar-refractivity contribution in [2.24, 2.45) is 0 Å². The van der Waals surface area contributed by atoms with Gasteiger partial charge in [-0.05, 0) is 91.6 Å². The van der Waals surface area contributed by atoms with E-state index in [2.05, 4.69) is 116 Å². The van der Waals surface area contributed by atoms with Gasteiger partial charge in [-0.25, -0.2) is 0 Å². The smallest absolute Gasteiger partial charge is 0.194 e. The molecule has 0 fully saturated rings. The second kappa shape index (κ2) is 8.66. The summed E-state index contributed by atoms with van der Waals surface area (Å²) in [5, 5.41) is 0. The Labute approximate surface area is 212 Å². The summed E-state index contributed by atoms with van der Waals surface area (Å²) in [6.07, 6.45) is 0. The van der Waals surface area contributed by atoms with Gasteiger partial charge in [-0.2, -0.15) is 0 Å². The van der Waals surface area contributed by atoms with Crippen LogP contribution in [0.4, 0.5) is 17.1 Å². The zero-order valence-electron chi connectivity index (χ0n) is 20.7. The highest BCUT2D eigenvalue weighted by Crippen LogP contribution is 2.40. The molecule has 1 aliphatic rings. The van der Waals surface area contributed by atoms with Crippen molar-refractivity contribution < 1.29 is 4.79 Å². The molecule has 0 aliphatic heterocycles. The van der Waals surface area contributed by atoms with Gasteiger partial charge in [0.2, 0.25) is 0 Å². The molecule has 0 saturated carbocycles. The van der Waals surface area contributed by atoms with Gasteiger partial charge in [0.25, 0.3) is 0 Å². The number of carbonyl (C=O) groups is 1. The molecule has 174 valence electrons. The van der Waals surface area contributed by atoms with Crippen LogP contribution in [-0.4, -0.2) is 5.78 Å². The van der Waals surface area contributed by atoms with Crippen LogP contribution in [-0.2, 0) is 0 Å². The molecule has 5 aromatic carbocycles. The fourth-order valence-electron chi connectivity index (χ4n) is 5.01. The Morgan fingerprint density at radius 1 is 0.417 bits per heavy atom. The Hall–Kier alpha value is -4.43. The van der Waals surface area contributed by atoms with E-state index in [1.165, 1.54) is 11.1 Å². The first-order valence-electron chi connectivity index (χ1n) is 12.3. The van der Waals surface area contributed by atoms with E-state index in [9.17, 15) is 4.79 Å². The number of benzene rings is 5. The van der Waals surface area contributed by atoms with Crippen LogP contribution in [0.3, 0.4) is 0 Å². The zero-order valence-corrected chi connectivity index (χ0v) is 20.7. The van der Waals surface area contributed by atoms with Crippen molar-refractivity contribution in [1.29, 1.82) is 0 Å². The van der Waals surface area contributed by atoms with Crippen LogP contribution in [0.15, 0.2) is 109 Å². The minimum absolute atomic E-state index is 0.118. The third-order valence-corrected chi connectivity index (χ3v) is 7.02. The molecule has 0 N–H and O–H groups in total. The summed E-state index contributed by atoms with van der Waals surface area (Å²) in [6, 6.07) is 38.2. The van der Waals surface area contributed by atoms with E-state index in [1.54, 1.807) is 0 Å². The summed E-state index contributed by atoms with van der Waals surface area (Å²) < 4.78 is 0. The minimum atomic E-state index is 0.118. The third kappa shape index (κ3) is 3.81. The molecule has 0 atom stereocenters. The van der Waals surface area contributed by atoms with E-state index in [-0.39, 0.29) is 5.78 Å². The summed E-state index contributed by atoms with van der Waals surface area (Å²) in [5.41, 5.74) is 12.7. The molecule has 0 heterocycles. The highest BCUT2D eigenvalue weighted by molar-refractivity contribution is 6.22. The van der Waals surface area contributed by atoms with Crippen molar-refractivity contribution in [1.82, 2.24) is 0 Å². The summed E-state index contributed by atoms with van der Waals surface area (Å²) >= 11 is 0. The molecule has 0 spiro atoms. The standard InChI is InChI=1S/C34H27NO/c1-22-4-12-27(13-5-22)35(28-14-6-23(2)7-15-28)29-16-9-25(10-17-29)26-11-19-31-30-18-8-24(3)20-32(30)34(36)33(31)21-26/h4-21H,1-3H3. The van der Waals surface area contributed by atoms with Crippen LogP contribution >= 0.6 is 0 Å². The molecule has 0 saturated heterocycles. The van der Waals surface area contributed by atoms with Crippen molar-refractivity contribution >= 4 is 22.8 Å². The lowest BCUT2D eigenvalue weighted by molar-refractivity contribution is 0.104. The number of nitrogens with zero attached hydrogens (tertiary/aromatic N) is 1. The summed E-state index contributed by atoms with van der Waals surface area (Å²) in [7, 11) is 0. The van der Waals surface area contributed by atoms with Crippen molar-refractivity contribution in [2.45, 2.75) is 20.8 Å². The number of fused-ring (bicyclic) bond motifs is 3. The summed E-state index contributed by atoms with van der Waals surface area (Å²) in [5.74, 6) is 0.118. The monoisotopic (exact) mass is 465 g/mol. The second-order valence-electron chi connectivity index (χ2n) is 9.69. The van der Waals surface area contributed by atoms with Crippen molar-refractivity contribution in [3.8, 4) is 22.3 Å². The molecule has 2 nitrogen and oxygen atoms in total.